The Bertz CT molecular complexity index is 532. The van der Waals surface area contributed by atoms with E-state index in [1.807, 2.05) is 0 Å². The van der Waals surface area contributed by atoms with Crippen molar-refractivity contribution in [2.45, 2.75) is 50.3 Å². The third kappa shape index (κ3) is 2.81. The zero-order valence-electron chi connectivity index (χ0n) is 11.6. The van der Waals surface area contributed by atoms with Crippen LogP contribution in [0.15, 0.2) is 4.52 Å². The molecule has 7 heteroatoms. The second kappa shape index (κ2) is 5.20. The molecule has 2 heterocycles. The van der Waals surface area contributed by atoms with E-state index in [2.05, 4.69) is 22.4 Å². The quantitative estimate of drug-likeness (QED) is 0.884. The zero-order valence-corrected chi connectivity index (χ0v) is 12.5. The molecule has 2 rings (SSSR count). The van der Waals surface area contributed by atoms with Crippen LogP contribution in [0.1, 0.15) is 56.5 Å². The van der Waals surface area contributed by atoms with Crippen LogP contribution in [0.2, 0.25) is 0 Å². The van der Waals surface area contributed by atoms with Crippen LogP contribution in [0, 0.1) is 0 Å². The molecular formula is C12H21N3O3S. The Kier molecular flexibility index (Phi) is 3.96. The maximum atomic E-state index is 11.5. The first kappa shape index (κ1) is 14.5. The first-order valence-electron chi connectivity index (χ1n) is 6.67. The molecule has 0 saturated carbocycles. The lowest BCUT2D eigenvalue weighted by Gasteiger charge is -2.24. The monoisotopic (exact) mass is 287 g/mol. The van der Waals surface area contributed by atoms with Gasteiger partial charge in [-0.15, -0.1) is 0 Å². The van der Waals surface area contributed by atoms with Crippen LogP contribution in [-0.2, 0) is 15.4 Å². The molecule has 0 aromatic carbocycles. The van der Waals surface area contributed by atoms with E-state index in [-0.39, 0.29) is 11.4 Å². The third-order valence-corrected chi connectivity index (χ3v) is 5.27. The Morgan fingerprint density at radius 1 is 1.53 bits per heavy atom. The molecular weight excluding hydrogens is 266 g/mol. The molecule has 2 unspecified atom stereocenters. The summed E-state index contributed by atoms with van der Waals surface area (Å²) in [6.45, 7) is 4.62. The first-order chi connectivity index (χ1) is 8.89. The molecule has 1 aliphatic rings. The summed E-state index contributed by atoms with van der Waals surface area (Å²) in [5, 5.41) is 6.55. The Labute approximate surface area is 113 Å². The number of nitrogens with one attached hydrogen (secondary N) is 1. The first-order valence-corrected chi connectivity index (χ1v) is 8.62. The van der Waals surface area contributed by atoms with Gasteiger partial charge in [0.25, 0.3) is 0 Å². The van der Waals surface area contributed by atoms with Gasteiger partial charge in [0.15, 0.2) is 15.7 Å². The molecule has 1 aliphatic heterocycles. The van der Waals surface area contributed by atoms with Crippen LogP contribution in [0.5, 0.6) is 0 Å². The predicted molar refractivity (Wildman–Crippen MR) is 71.4 cm³/mol. The second-order valence-electron chi connectivity index (χ2n) is 5.29. The zero-order chi connectivity index (χ0) is 14.1. The van der Waals surface area contributed by atoms with Gasteiger partial charge >= 0.3 is 0 Å². The standard InChI is InChI=1S/C12H21N3O3S/c1-4-6-12(7-5-8-13-12)11-14-10(15-18-11)9(2)19(3,16)17/h9,13H,4-8H2,1-3H3. The topological polar surface area (TPSA) is 85.1 Å². The average molecular weight is 287 g/mol. The van der Waals surface area contributed by atoms with Crippen LogP contribution in [-0.4, -0.2) is 31.4 Å². The van der Waals surface area contributed by atoms with Gasteiger partial charge in [-0.05, 0) is 32.7 Å². The molecule has 1 aromatic rings. The van der Waals surface area contributed by atoms with E-state index in [0.717, 1.165) is 32.2 Å². The molecule has 1 saturated heterocycles. The van der Waals surface area contributed by atoms with E-state index in [1.165, 1.54) is 6.26 Å². The number of rotatable bonds is 5. The molecule has 6 nitrogen and oxygen atoms in total. The average Bonchev–Trinajstić information content (AvgIpc) is 2.95. The molecule has 0 amide bonds. The number of hydrogen-bond donors (Lipinski definition) is 1. The van der Waals surface area contributed by atoms with E-state index >= 15 is 0 Å². The highest BCUT2D eigenvalue weighted by Crippen LogP contribution is 2.35. The Morgan fingerprint density at radius 3 is 2.79 bits per heavy atom. The molecule has 0 spiro atoms. The van der Waals surface area contributed by atoms with Crippen LogP contribution in [0.25, 0.3) is 0 Å². The highest BCUT2D eigenvalue weighted by molar-refractivity contribution is 7.90. The lowest BCUT2D eigenvalue weighted by Crippen LogP contribution is -2.37. The number of hydrogen-bond acceptors (Lipinski definition) is 6. The molecule has 1 fully saturated rings. The van der Waals surface area contributed by atoms with E-state index < -0.39 is 15.1 Å². The highest BCUT2D eigenvalue weighted by Gasteiger charge is 2.40. The van der Waals surface area contributed by atoms with Crippen molar-refractivity contribution in [1.29, 1.82) is 0 Å². The summed E-state index contributed by atoms with van der Waals surface area (Å²) in [5.41, 5.74) is -0.267. The van der Waals surface area contributed by atoms with Crippen LogP contribution in [0.3, 0.4) is 0 Å². The molecule has 1 aromatic heterocycles. The summed E-state index contributed by atoms with van der Waals surface area (Å²) in [7, 11) is -3.20. The van der Waals surface area contributed by atoms with Gasteiger partial charge in [0.05, 0.1) is 5.54 Å². The lowest BCUT2D eigenvalue weighted by atomic mass is 9.92. The summed E-state index contributed by atoms with van der Waals surface area (Å²) < 4.78 is 28.4. The van der Waals surface area contributed by atoms with Gasteiger partial charge in [-0.25, -0.2) is 8.42 Å². The normalized spacial score (nSPS) is 25.6. The minimum Gasteiger partial charge on any atom is -0.337 e. The maximum Gasteiger partial charge on any atom is 0.246 e. The van der Waals surface area contributed by atoms with Crippen molar-refractivity contribution in [2.75, 3.05) is 12.8 Å². The molecule has 1 N–H and O–H groups in total. The Balaban J connectivity index is 2.29. The number of aromatic nitrogens is 2. The maximum absolute atomic E-state index is 11.5. The van der Waals surface area contributed by atoms with E-state index in [9.17, 15) is 8.42 Å². The number of sulfone groups is 1. The molecule has 2 atom stereocenters. The molecule has 0 aliphatic carbocycles. The minimum atomic E-state index is -3.20. The van der Waals surface area contributed by atoms with Gasteiger partial charge in [-0.2, -0.15) is 4.98 Å². The molecule has 108 valence electrons. The SMILES string of the molecule is CCCC1(c2nc(C(C)S(C)(=O)=O)no2)CCCN1. The van der Waals surface area contributed by atoms with Gasteiger partial charge < -0.3 is 9.84 Å². The van der Waals surface area contributed by atoms with Crippen molar-refractivity contribution in [1.82, 2.24) is 15.5 Å². The van der Waals surface area contributed by atoms with Gasteiger partial charge in [0, 0.05) is 6.26 Å². The van der Waals surface area contributed by atoms with Gasteiger partial charge in [-0.1, -0.05) is 18.5 Å². The van der Waals surface area contributed by atoms with Gasteiger partial charge in [-0.3, -0.25) is 0 Å². The Hall–Kier alpha value is -0.950. The van der Waals surface area contributed by atoms with Gasteiger partial charge in [0.1, 0.15) is 5.25 Å². The highest BCUT2D eigenvalue weighted by atomic mass is 32.2. The molecule has 0 bridgehead atoms. The van der Waals surface area contributed by atoms with Crippen LogP contribution >= 0.6 is 0 Å². The minimum absolute atomic E-state index is 0.252. The lowest BCUT2D eigenvalue weighted by molar-refractivity contribution is 0.240. The molecule has 19 heavy (non-hydrogen) atoms. The van der Waals surface area contributed by atoms with E-state index in [1.54, 1.807) is 6.92 Å². The number of nitrogens with zero attached hydrogens (tertiary/aromatic N) is 2. The van der Waals surface area contributed by atoms with Crippen molar-refractivity contribution < 1.29 is 12.9 Å². The second-order valence-corrected chi connectivity index (χ2v) is 7.66. The van der Waals surface area contributed by atoms with Crippen molar-refractivity contribution in [3.8, 4) is 0 Å². The third-order valence-electron chi connectivity index (χ3n) is 3.78. The molecule has 0 radical (unpaired) electrons. The van der Waals surface area contributed by atoms with Crippen LogP contribution in [0.4, 0.5) is 0 Å². The van der Waals surface area contributed by atoms with Crippen molar-refractivity contribution in [3.63, 3.8) is 0 Å². The fourth-order valence-corrected chi connectivity index (χ4v) is 3.00. The van der Waals surface area contributed by atoms with Crippen molar-refractivity contribution in [3.05, 3.63) is 11.7 Å². The van der Waals surface area contributed by atoms with Gasteiger partial charge in [0.2, 0.25) is 5.89 Å². The summed E-state index contributed by atoms with van der Waals surface area (Å²) in [5.74, 6) is 0.777. The van der Waals surface area contributed by atoms with Crippen molar-refractivity contribution >= 4 is 9.84 Å². The predicted octanol–water partition coefficient (Wildman–Crippen LogP) is 1.55. The largest absolute Gasteiger partial charge is 0.337 e. The summed E-state index contributed by atoms with van der Waals surface area (Å²) >= 11 is 0. The Morgan fingerprint density at radius 2 is 2.26 bits per heavy atom. The fourth-order valence-electron chi connectivity index (χ4n) is 2.52. The van der Waals surface area contributed by atoms with Crippen molar-refractivity contribution in [2.24, 2.45) is 0 Å². The fraction of sp³-hybridized carbons (Fsp3) is 0.833. The summed E-state index contributed by atoms with van der Waals surface area (Å²) in [6, 6.07) is 0. The summed E-state index contributed by atoms with van der Waals surface area (Å²) in [4.78, 5) is 4.33. The summed E-state index contributed by atoms with van der Waals surface area (Å²) in [6.07, 6.45) is 5.13. The van der Waals surface area contributed by atoms with E-state index in [0.29, 0.717) is 5.89 Å². The smallest absolute Gasteiger partial charge is 0.246 e. The van der Waals surface area contributed by atoms with Crippen LogP contribution < -0.4 is 5.32 Å². The van der Waals surface area contributed by atoms with E-state index in [4.69, 9.17) is 4.52 Å².